The highest BCUT2D eigenvalue weighted by molar-refractivity contribution is 9.10. The number of halogens is 1. The molecular weight excluding hydrogens is 434 g/mol. The lowest BCUT2D eigenvalue weighted by Crippen LogP contribution is -2.48. The fraction of sp³-hybridized carbons (Fsp3) is 0.286. The number of methoxy groups -OCH3 is 1. The van der Waals surface area contributed by atoms with Crippen LogP contribution in [-0.2, 0) is 6.54 Å². The number of para-hydroxylation sites is 1. The third kappa shape index (κ3) is 4.18. The van der Waals surface area contributed by atoms with Gasteiger partial charge < -0.3 is 15.4 Å². The molecule has 0 bridgehead atoms. The topological polar surface area (TPSA) is 84.6 Å². The third-order valence-electron chi connectivity index (χ3n) is 5.11. The van der Waals surface area contributed by atoms with Gasteiger partial charge in [-0.3, -0.25) is 9.69 Å². The van der Waals surface area contributed by atoms with E-state index in [1.54, 1.807) is 13.2 Å². The van der Waals surface area contributed by atoms with Crippen molar-refractivity contribution in [2.45, 2.75) is 6.54 Å². The van der Waals surface area contributed by atoms with Gasteiger partial charge in [-0.05, 0) is 46.3 Å². The molecule has 1 saturated heterocycles. The summed E-state index contributed by atoms with van der Waals surface area (Å²) in [4.78, 5) is 26.1. The van der Waals surface area contributed by atoms with Crippen LogP contribution in [0.25, 0.3) is 10.9 Å². The number of benzene rings is 2. The average Bonchev–Trinajstić information content (AvgIpc) is 2.74. The maximum Gasteiger partial charge on any atom is 0.255 e. The molecule has 1 aliphatic rings. The molecule has 150 valence electrons. The van der Waals surface area contributed by atoms with E-state index < -0.39 is 0 Å². The van der Waals surface area contributed by atoms with Crippen LogP contribution in [0.15, 0.2) is 46.9 Å². The summed E-state index contributed by atoms with van der Waals surface area (Å²) in [5.74, 6) is 1.88. The first kappa shape index (κ1) is 19.6. The molecule has 2 N–H and O–H groups in total. The average molecular weight is 456 g/mol. The second kappa shape index (κ2) is 8.34. The molecule has 1 amide bonds. The van der Waals surface area contributed by atoms with Crippen LogP contribution in [0.4, 0.5) is 5.82 Å². The monoisotopic (exact) mass is 455 g/mol. The van der Waals surface area contributed by atoms with Crippen LogP contribution in [0, 0.1) is 0 Å². The molecule has 0 spiro atoms. The summed E-state index contributed by atoms with van der Waals surface area (Å²) >= 11 is 3.47. The number of hydrogen-bond acceptors (Lipinski definition) is 6. The Labute approximate surface area is 177 Å². The van der Waals surface area contributed by atoms with Gasteiger partial charge in [-0.1, -0.05) is 12.1 Å². The molecule has 1 aliphatic heterocycles. The van der Waals surface area contributed by atoms with E-state index >= 15 is 0 Å². The van der Waals surface area contributed by atoms with E-state index in [1.807, 2.05) is 41.3 Å². The SMILES string of the molecule is COc1ccc(Br)c(C(=O)N2CCN(Cc3nc(N)c4ccccc4n3)CC2)c1. The normalized spacial score (nSPS) is 14.9. The summed E-state index contributed by atoms with van der Waals surface area (Å²) in [6.45, 7) is 3.41. The number of carbonyl (C=O) groups is 1. The van der Waals surface area contributed by atoms with Crippen molar-refractivity contribution in [2.24, 2.45) is 0 Å². The summed E-state index contributed by atoms with van der Waals surface area (Å²) in [6.07, 6.45) is 0. The number of amides is 1. The Hall–Kier alpha value is -2.71. The molecule has 29 heavy (non-hydrogen) atoms. The van der Waals surface area contributed by atoms with Crippen LogP contribution in [0.3, 0.4) is 0 Å². The van der Waals surface area contributed by atoms with E-state index in [9.17, 15) is 4.79 Å². The van der Waals surface area contributed by atoms with Crippen LogP contribution < -0.4 is 10.5 Å². The first-order valence-electron chi connectivity index (χ1n) is 9.41. The van der Waals surface area contributed by atoms with Crippen LogP contribution in [0.5, 0.6) is 5.75 Å². The van der Waals surface area contributed by atoms with Crippen molar-refractivity contribution in [1.82, 2.24) is 19.8 Å². The van der Waals surface area contributed by atoms with Gasteiger partial charge in [-0.25, -0.2) is 9.97 Å². The smallest absolute Gasteiger partial charge is 0.255 e. The van der Waals surface area contributed by atoms with Gasteiger partial charge in [0.05, 0.1) is 24.7 Å². The van der Waals surface area contributed by atoms with E-state index in [4.69, 9.17) is 10.5 Å². The molecule has 2 heterocycles. The number of nitrogen functional groups attached to an aromatic ring is 1. The van der Waals surface area contributed by atoms with Gasteiger partial charge in [0.2, 0.25) is 0 Å². The van der Waals surface area contributed by atoms with Crippen molar-refractivity contribution in [3.8, 4) is 5.75 Å². The van der Waals surface area contributed by atoms with Crippen LogP contribution >= 0.6 is 15.9 Å². The zero-order valence-electron chi connectivity index (χ0n) is 16.1. The maximum atomic E-state index is 12.9. The molecule has 8 heteroatoms. The van der Waals surface area contributed by atoms with Gasteiger partial charge in [0.25, 0.3) is 5.91 Å². The van der Waals surface area contributed by atoms with Crippen molar-refractivity contribution in [3.05, 3.63) is 58.3 Å². The number of piperazine rings is 1. The first-order valence-corrected chi connectivity index (χ1v) is 10.2. The van der Waals surface area contributed by atoms with Crippen LogP contribution in [0.1, 0.15) is 16.2 Å². The van der Waals surface area contributed by atoms with Crippen molar-refractivity contribution >= 4 is 38.6 Å². The van der Waals surface area contributed by atoms with E-state index in [2.05, 4.69) is 30.8 Å². The Morgan fingerprint density at radius 1 is 1.14 bits per heavy atom. The summed E-state index contributed by atoms with van der Waals surface area (Å²) < 4.78 is 6.02. The molecule has 7 nitrogen and oxygen atoms in total. The quantitative estimate of drug-likeness (QED) is 0.650. The molecule has 4 rings (SSSR count). The van der Waals surface area contributed by atoms with Gasteiger partial charge in [0.1, 0.15) is 17.4 Å². The number of hydrogen-bond donors (Lipinski definition) is 1. The Morgan fingerprint density at radius 2 is 1.90 bits per heavy atom. The van der Waals surface area contributed by atoms with Gasteiger partial charge >= 0.3 is 0 Å². The van der Waals surface area contributed by atoms with Gasteiger partial charge in [-0.15, -0.1) is 0 Å². The number of fused-ring (bicyclic) bond motifs is 1. The highest BCUT2D eigenvalue weighted by atomic mass is 79.9. The standard InChI is InChI=1S/C21H22BrN5O2/c1-29-14-6-7-17(22)16(12-14)21(28)27-10-8-26(9-11-27)13-19-24-18-5-3-2-4-15(18)20(23)25-19/h2-7,12H,8-11,13H2,1H3,(H2,23,24,25). The molecular formula is C21H22BrN5O2. The second-order valence-corrected chi connectivity index (χ2v) is 7.81. The Morgan fingerprint density at radius 3 is 2.66 bits per heavy atom. The fourth-order valence-electron chi connectivity index (χ4n) is 3.50. The lowest BCUT2D eigenvalue weighted by Gasteiger charge is -2.34. The molecule has 1 fully saturated rings. The predicted molar refractivity (Wildman–Crippen MR) is 116 cm³/mol. The Kier molecular flexibility index (Phi) is 5.64. The summed E-state index contributed by atoms with van der Waals surface area (Å²) in [7, 11) is 1.60. The molecule has 2 aromatic carbocycles. The Balaban J connectivity index is 1.41. The first-order chi connectivity index (χ1) is 14.0. The molecule has 0 unspecified atom stereocenters. The highest BCUT2D eigenvalue weighted by Gasteiger charge is 2.24. The molecule has 0 aliphatic carbocycles. The van der Waals surface area contributed by atoms with E-state index in [1.165, 1.54) is 0 Å². The number of nitrogens with zero attached hydrogens (tertiary/aromatic N) is 4. The fourth-order valence-corrected chi connectivity index (χ4v) is 3.91. The molecule has 1 aromatic heterocycles. The number of anilines is 1. The number of nitrogens with two attached hydrogens (primary N) is 1. The molecule has 0 atom stereocenters. The lowest BCUT2D eigenvalue weighted by atomic mass is 10.1. The van der Waals surface area contributed by atoms with Gasteiger partial charge in [-0.2, -0.15) is 0 Å². The maximum absolute atomic E-state index is 12.9. The largest absolute Gasteiger partial charge is 0.497 e. The minimum absolute atomic E-state index is 0.00150. The van der Waals surface area contributed by atoms with E-state index in [-0.39, 0.29) is 5.91 Å². The second-order valence-electron chi connectivity index (χ2n) is 6.96. The zero-order valence-corrected chi connectivity index (χ0v) is 17.7. The van der Waals surface area contributed by atoms with Gasteiger partial charge in [0.15, 0.2) is 0 Å². The minimum Gasteiger partial charge on any atom is -0.497 e. The molecule has 0 radical (unpaired) electrons. The number of carbonyl (C=O) groups excluding carboxylic acids is 1. The predicted octanol–water partition coefficient (Wildman–Crippen LogP) is 2.94. The third-order valence-corrected chi connectivity index (χ3v) is 5.80. The van der Waals surface area contributed by atoms with Crippen molar-refractivity contribution in [2.75, 3.05) is 39.0 Å². The number of rotatable bonds is 4. The van der Waals surface area contributed by atoms with Crippen molar-refractivity contribution in [1.29, 1.82) is 0 Å². The number of aromatic nitrogens is 2. The van der Waals surface area contributed by atoms with E-state index in [0.29, 0.717) is 42.6 Å². The van der Waals surface area contributed by atoms with Crippen LogP contribution in [0.2, 0.25) is 0 Å². The zero-order chi connectivity index (χ0) is 20.4. The van der Waals surface area contributed by atoms with Gasteiger partial charge in [0, 0.05) is 36.0 Å². The van der Waals surface area contributed by atoms with E-state index in [0.717, 1.165) is 28.5 Å². The van der Waals surface area contributed by atoms with Crippen molar-refractivity contribution in [3.63, 3.8) is 0 Å². The van der Waals surface area contributed by atoms with Crippen molar-refractivity contribution < 1.29 is 9.53 Å². The Bertz CT molecular complexity index is 1050. The lowest BCUT2D eigenvalue weighted by molar-refractivity contribution is 0.0624. The highest BCUT2D eigenvalue weighted by Crippen LogP contribution is 2.24. The summed E-state index contributed by atoms with van der Waals surface area (Å²) in [5, 5.41) is 0.871. The van der Waals surface area contributed by atoms with Crippen LogP contribution in [-0.4, -0.2) is 59.0 Å². The minimum atomic E-state index is 0.00150. The molecule has 0 saturated carbocycles. The number of ether oxygens (including phenoxy) is 1. The summed E-state index contributed by atoms with van der Waals surface area (Å²) in [5.41, 5.74) is 7.56. The molecule has 3 aromatic rings. The summed E-state index contributed by atoms with van der Waals surface area (Å²) in [6, 6.07) is 13.2.